The van der Waals surface area contributed by atoms with Gasteiger partial charge in [-0.05, 0) is 58.7 Å². The van der Waals surface area contributed by atoms with Gasteiger partial charge in [-0.3, -0.25) is 0 Å². The molecule has 0 saturated carbocycles. The Morgan fingerprint density at radius 3 is 2.58 bits per heavy atom. The number of esters is 1. The van der Waals surface area contributed by atoms with Gasteiger partial charge in [-0.2, -0.15) is 0 Å². The fourth-order valence-corrected chi connectivity index (χ4v) is 2.73. The molecule has 1 heterocycles. The van der Waals surface area contributed by atoms with Gasteiger partial charge in [0.15, 0.2) is 0 Å². The Bertz CT molecular complexity index is 990. The SMILES string of the molecule is COc1ccc(Br)c(C(=O)Oc2ccc3c(C)cc(=O)oc3c2)c1. The van der Waals surface area contributed by atoms with E-state index in [-0.39, 0.29) is 5.75 Å². The molecular weight excluding hydrogens is 376 g/mol. The Balaban J connectivity index is 1.95. The second-order valence-corrected chi connectivity index (χ2v) is 6.00. The first kappa shape index (κ1) is 16.3. The van der Waals surface area contributed by atoms with Gasteiger partial charge in [-0.1, -0.05) is 0 Å². The smallest absolute Gasteiger partial charge is 0.344 e. The minimum atomic E-state index is -0.546. The number of hydrogen-bond donors (Lipinski definition) is 0. The molecule has 0 aliphatic heterocycles. The predicted octanol–water partition coefficient (Wildman–Crippen LogP) is 4.09. The summed E-state index contributed by atoms with van der Waals surface area (Å²) in [6.45, 7) is 1.82. The standard InChI is InChI=1S/C18H13BrO5/c1-10-7-17(20)24-16-9-12(3-5-13(10)16)23-18(21)14-8-11(22-2)4-6-15(14)19/h3-9H,1-2H3. The molecule has 122 valence electrons. The first-order valence-electron chi connectivity index (χ1n) is 7.08. The van der Waals surface area contributed by atoms with Crippen molar-refractivity contribution in [1.82, 2.24) is 0 Å². The molecule has 0 spiro atoms. The minimum Gasteiger partial charge on any atom is -0.497 e. The maximum atomic E-state index is 12.4. The average Bonchev–Trinajstić information content (AvgIpc) is 2.54. The zero-order chi connectivity index (χ0) is 17.3. The second-order valence-electron chi connectivity index (χ2n) is 5.14. The molecule has 0 unspecified atom stereocenters. The van der Waals surface area contributed by atoms with Crippen LogP contribution in [0.4, 0.5) is 0 Å². The maximum Gasteiger partial charge on any atom is 0.344 e. The van der Waals surface area contributed by atoms with Gasteiger partial charge in [-0.25, -0.2) is 9.59 Å². The Kier molecular flexibility index (Phi) is 4.40. The zero-order valence-corrected chi connectivity index (χ0v) is 14.5. The predicted molar refractivity (Wildman–Crippen MR) is 92.9 cm³/mol. The summed E-state index contributed by atoms with van der Waals surface area (Å²) in [7, 11) is 1.52. The Hall–Kier alpha value is -2.60. The number of ether oxygens (including phenoxy) is 2. The lowest BCUT2D eigenvalue weighted by molar-refractivity contribution is 0.0733. The number of rotatable bonds is 3. The van der Waals surface area contributed by atoms with Gasteiger partial charge >= 0.3 is 11.6 Å². The Morgan fingerprint density at radius 1 is 1.08 bits per heavy atom. The van der Waals surface area contributed by atoms with Gasteiger partial charge in [0.25, 0.3) is 0 Å². The number of methoxy groups -OCH3 is 1. The average molecular weight is 389 g/mol. The van der Waals surface area contributed by atoms with E-state index < -0.39 is 11.6 Å². The van der Waals surface area contributed by atoms with E-state index in [2.05, 4.69) is 15.9 Å². The molecule has 1 aromatic heterocycles. The van der Waals surface area contributed by atoms with E-state index in [1.807, 2.05) is 6.92 Å². The molecule has 5 nitrogen and oxygen atoms in total. The molecule has 0 N–H and O–H groups in total. The highest BCUT2D eigenvalue weighted by Crippen LogP contribution is 2.26. The van der Waals surface area contributed by atoms with Gasteiger partial charge in [0.1, 0.15) is 17.1 Å². The summed E-state index contributed by atoms with van der Waals surface area (Å²) in [5.74, 6) is 0.288. The number of carbonyl (C=O) groups is 1. The van der Waals surface area contributed by atoms with E-state index in [9.17, 15) is 9.59 Å². The topological polar surface area (TPSA) is 65.7 Å². The van der Waals surface area contributed by atoms with Crippen molar-refractivity contribution in [3.63, 3.8) is 0 Å². The Labute approximate surface area is 145 Å². The highest BCUT2D eigenvalue weighted by atomic mass is 79.9. The zero-order valence-electron chi connectivity index (χ0n) is 13.0. The second kappa shape index (κ2) is 6.49. The summed E-state index contributed by atoms with van der Waals surface area (Å²) in [5.41, 5.74) is 1.06. The Morgan fingerprint density at radius 2 is 1.83 bits per heavy atom. The molecule has 3 aromatic rings. The number of halogens is 1. The van der Waals surface area contributed by atoms with E-state index in [4.69, 9.17) is 13.9 Å². The molecule has 0 aliphatic carbocycles. The molecule has 0 atom stereocenters. The quantitative estimate of drug-likeness (QED) is 0.384. The summed E-state index contributed by atoms with van der Waals surface area (Å²) in [5, 5.41) is 0.789. The van der Waals surface area contributed by atoms with Crippen LogP contribution >= 0.6 is 15.9 Å². The molecule has 0 bridgehead atoms. The number of carbonyl (C=O) groups excluding carboxylic acids is 1. The van der Waals surface area contributed by atoms with Crippen LogP contribution < -0.4 is 15.1 Å². The molecule has 24 heavy (non-hydrogen) atoms. The van der Waals surface area contributed by atoms with Gasteiger partial charge in [-0.15, -0.1) is 0 Å². The fourth-order valence-electron chi connectivity index (χ4n) is 2.32. The summed E-state index contributed by atoms with van der Waals surface area (Å²) >= 11 is 3.32. The molecule has 0 fully saturated rings. The van der Waals surface area contributed by atoms with Crippen LogP contribution in [-0.4, -0.2) is 13.1 Å². The lowest BCUT2D eigenvalue weighted by Gasteiger charge is -2.08. The molecule has 2 aromatic carbocycles. The number of fused-ring (bicyclic) bond motifs is 1. The van der Waals surface area contributed by atoms with Crippen molar-refractivity contribution in [1.29, 1.82) is 0 Å². The van der Waals surface area contributed by atoms with Crippen molar-refractivity contribution in [2.24, 2.45) is 0 Å². The molecule has 0 saturated heterocycles. The lowest BCUT2D eigenvalue weighted by atomic mass is 10.1. The van der Waals surface area contributed by atoms with Crippen LogP contribution in [0.3, 0.4) is 0 Å². The van der Waals surface area contributed by atoms with Gasteiger partial charge in [0.05, 0.1) is 12.7 Å². The highest BCUT2D eigenvalue weighted by molar-refractivity contribution is 9.10. The van der Waals surface area contributed by atoms with Gasteiger partial charge in [0.2, 0.25) is 0 Å². The largest absolute Gasteiger partial charge is 0.497 e. The van der Waals surface area contributed by atoms with Crippen LogP contribution in [0.5, 0.6) is 11.5 Å². The molecular formula is C18H13BrO5. The summed E-state index contributed by atoms with van der Waals surface area (Å²) in [6, 6.07) is 11.4. The van der Waals surface area contributed by atoms with E-state index in [1.165, 1.54) is 19.2 Å². The van der Waals surface area contributed by atoms with E-state index in [1.54, 1.807) is 30.3 Å². The van der Waals surface area contributed by atoms with Crippen LogP contribution in [0, 0.1) is 6.92 Å². The lowest BCUT2D eigenvalue weighted by Crippen LogP contribution is -2.09. The molecule has 0 radical (unpaired) electrons. The van der Waals surface area contributed by atoms with E-state index in [0.717, 1.165) is 10.9 Å². The minimum absolute atomic E-state index is 0.288. The van der Waals surface area contributed by atoms with E-state index >= 15 is 0 Å². The van der Waals surface area contributed by atoms with Crippen molar-refractivity contribution in [2.75, 3.05) is 7.11 Å². The van der Waals surface area contributed by atoms with Crippen LogP contribution in [0.2, 0.25) is 0 Å². The van der Waals surface area contributed by atoms with Crippen molar-refractivity contribution in [2.45, 2.75) is 6.92 Å². The normalized spacial score (nSPS) is 10.6. The monoisotopic (exact) mass is 388 g/mol. The number of benzene rings is 2. The first-order valence-corrected chi connectivity index (χ1v) is 7.87. The third kappa shape index (κ3) is 3.19. The number of hydrogen-bond acceptors (Lipinski definition) is 5. The van der Waals surface area contributed by atoms with Crippen LogP contribution in [0.1, 0.15) is 15.9 Å². The molecule has 3 rings (SSSR count). The summed E-state index contributed by atoms with van der Waals surface area (Å²) in [4.78, 5) is 23.9. The van der Waals surface area contributed by atoms with Gasteiger partial charge < -0.3 is 13.9 Å². The van der Waals surface area contributed by atoms with Crippen molar-refractivity contribution in [3.8, 4) is 11.5 Å². The highest BCUT2D eigenvalue weighted by Gasteiger charge is 2.15. The van der Waals surface area contributed by atoms with Crippen molar-refractivity contribution < 1.29 is 18.7 Å². The fraction of sp³-hybridized carbons (Fsp3) is 0.111. The van der Waals surface area contributed by atoms with Crippen molar-refractivity contribution in [3.05, 3.63) is 68.5 Å². The van der Waals surface area contributed by atoms with E-state index in [0.29, 0.717) is 21.4 Å². The van der Waals surface area contributed by atoms with Crippen LogP contribution in [0.15, 0.2) is 56.1 Å². The molecule has 6 heteroatoms. The molecule has 0 amide bonds. The summed E-state index contributed by atoms with van der Waals surface area (Å²) in [6.07, 6.45) is 0. The number of aryl methyl sites for hydroxylation is 1. The third-order valence-electron chi connectivity index (χ3n) is 3.53. The summed E-state index contributed by atoms with van der Waals surface area (Å²) < 4.78 is 16.2. The van der Waals surface area contributed by atoms with Crippen LogP contribution in [0.25, 0.3) is 11.0 Å². The maximum absolute atomic E-state index is 12.4. The van der Waals surface area contributed by atoms with Crippen molar-refractivity contribution >= 4 is 32.9 Å². The molecule has 0 aliphatic rings. The first-order chi connectivity index (χ1) is 11.5. The van der Waals surface area contributed by atoms with Crippen LogP contribution in [-0.2, 0) is 0 Å². The third-order valence-corrected chi connectivity index (χ3v) is 4.22. The van der Waals surface area contributed by atoms with Gasteiger partial charge in [0, 0.05) is 22.0 Å².